The van der Waals surface area contributed by atoms with E-state index in [-0.39, 0.29) is 11.6 Å². The summed E-state index contributed by atoms with van der Waals surface area (Å²) in [6.07, 6.45) is 4.97. The van der Waals surface area contributed by atoms with Gasteiger partial charge >= 0.3 is 0 Å². The summed E-state index contributed by atoms with van der Waals surface area (Å²) in [4.78, 5) is 0. The lowest BCUT2D eigenvalue weighted by Crippen LogP contribution is -2.08. The third-order valence-corrected chi connectivity index (χ3v) is 2.69. The normalized spacial score (nSPS) is 14.0. The number of rotatable bonds is 3. The Balaban J connectivity index is 2.18. The number of nitrogens with zero attached hydrogens (tertiary/aromatic N) is 1. The van der Waals surface area contributed by atoms with Crippen LogP contribution in [0.2, 0.25) is 0 Å². The molecule has 1 aromatic rings. The van der Waals surface area contributed by atoms with Gasteiger partial charge in [-0.05, 0) is 5.56 Å². The van der Waals surface area contributed by atoms with Crippen LogP contribution in [0.3, 0.4) is 0 Å². The number of amidine groups is 1. The number of hydrogen-bond donors (Lipinski definition) is 1. The molecule has 0 heterocycles. The van der Waals surface area contributed by atoms with Gasteiger partial charge in [-0.3, -0.25) is 0 Å². The third kappa shape index (κ3) is 2.96. The Labute approximate surface area is 112 Å². The van der Waals surface area contributed by atoms with Crippen LogP contribution in [0, 0.1) is 11.8 Å². The molecular formula is C16H13N2O-3. The molecule has 1 N–H and O–H groups in total. The zero-order valence-corrected chi connectivity index (χ0v) is 10.4. The van der Waals surface area contributed by atoms with Crippen molar-refractivity contribution >= 4 is 5.84 Å². The van der Waals surface area contributed by atoms with E-state index in [4.69, 9.17) is 5.41 Å². The van der Waals surface area contributed by atoms with Crippen molar-refractivity contribution in [2.45, 2.75) is 0 Å². The van der Waals surface area contributed by atoms with Crippen molar-refractivity contribution in [3.05, 3.63) is 95.5 Å². The van der Waals surface area contributed by atoms with Gasteiger partial charge in [0.15, 0.2) is 0 Å². The van der Waals surface area contributed by atoms with Crippen LogP contribution in [0.5, 0.6) is 0 Å². The summed E-state index contributed by atoms with van der Waals surface area (Å²) in [5.41, 5.74) is 2.37. The van der Waals surface area contributed by atoms with Crippen LogP contribution in [0.15, 0.2) is 78.2 Å². The zero-order chi connectivity index (χ0) is 13.8. The van der Waals surface area contributed by atoms with Crippen molar-refractivity contribution in [1.29, 1.82) is 5.41 Å². The Morgan fingerprint density at radius 2 is 1.95 bits per heavy atom. The van der Waals surface area contributed by atoms with Gasteiger partial charge in [0.2, 0.25) is 0 Å². The lowest BCUT2D eigenvalue weighted by Gasteiger charge is -2.33. The molecule has 1 aromatic carbocycles. The molecule has 3 nitrogen and oxygen atoms in total. The Kier molecular flexibility index (Phi) is 3.57. The van der Waals surface area contributed by atoms with Gasteiger partial charge < -0.3 is 15.8 Å². The van der Waals surface area contributed by atoms with Gasteiger partial charge in [0.1, 0.15) is 0 Å². The lowest BCUT2D eigenvalue weighted by atomic mass is 9.99. The molecule has 0 radical (unpaired) electrons. The van der Waals surface area contributed by atoms with Crippen LogP contribution in [0.4, 0.5) is 0 Å². The van der Waals surface area contributed by atoms with Crippen molar-refractivity contribution in [2.24, 2.45) is 0 Å². The van der Waals surface area contributed by atoms with E-state index in [0.29, 0.717) is 22.4 Å². The minimum atomic E-state index is -0.275. The summed E-state index contributed by atoms with van der Waals surface area (Å²) < 4.78 is 0. The molecule has 96 valence electrons. The molecule has 0 unspecified atom stereocenters. The average Bonchev–Trinajstić information content (AvgIpc) is 2.42. The second-order valence-electron chi connectivity index (χ2n) is 4.09. The largest absolute Gasteiger partial charge is 0.879 e. The number of nitrogens with one attached hydrogen (secondary N) is 1. The Bertz CT molecular complexity index is 594. The van der Waals surface area contributed by atoms with E-state index >= 15 is 0 Å². The first-order valence-electron chi connectivity index (χ1n) is 5.76. The predicted octanol–water partition coefficient (Wildman–Crippen LogP) is 2.84. The Morgan fingerprint density at radius 3 is 2.58 bits per heavy atom. The molecule has 19 heavy (non-hydrogen) atoms. The maximum absolute atomic E-state index is 11.2. The minimum absolute atomic E-state index is 0.138. The summed E-state index contributed by atoms with van der Waals surface area (Å²) in [5.74, 6) is -0.137. The second kappa shape index (κ2) is 5.31. The highest BCUT2D eigenvalue weighted by atomic mass is 16.3. The first kappa shape index (κ1) is 12.8. The maximum Gasteiger partial charge on any atom is -0.0277 e. The van der Waals surface area contributed by atoms with Gasteiger partial charge in [0.05, 0.1) is 0 Å². The fourth-order valence-corrected chi connectivity index (χ4v) is 1.62. The molecule has 0 aromatic heterocycles. The van der Waals surface area contributed by atoms with Crippen molar-refractivity contribution in [3.8, 4) is 0 Å². The second-order valence-corrected chi connectivity index (χ2v) is 4.09. The molecule has 0 saturated carbocycles. The first-order valence-corrected chi connectivity index (χ1v) is 5.76. The summed E-state index contributed by atoms with van der Waals surface area (Å²) >= 11 is 0. The standard InChI is InChI=1S/C16H14N2O/c1-11-8-9-14(12(2)19)10-15(11)18-16(17)13-6-4-3-5-7-13/h3-10H,1-2H2,(H2-,17,18,19)/q-2/p-1. The van der Waals surface area contributed by atoms with E-state index in [1.54, 1.807) is 18.6 Å². The quantitative estimate of drug-likeness (QED) is 0.381. The molecule has 0 bridgehead atoms. The molecule has 0 atom stereocenters. The highest BCUT2D eigenvalue weighted by Crippen LogP contribution is 2.28. The highest BCUT2D eigenvalue weighted by Gasteiger charge is 1.99. The zero-order valence-electron chi connectivity index (χ0n) is 10.4. The molecule has 0 spiro atoms. The summed E-state index contributed by atoms with van der Waals surface area (Å²) in [5, 5.41) is 23.4. The van der Waals surface area contributed by atoms with Crippen molar-refractivity contribution in [1.82, 2.24) is 0 Å². The SMILES string of the molecule is C=C([O-])C1=C[CH-]C(=C)C([N-]C(=N)c2ccccc2)=C1. The van der Waals surface area contributed by atoms with Gasteiger partial charge in [-0.15, -0.1) is 36.4 Å². The minimum Gasteiger partial charge on any atom is -0.879 e. The molecule has 1 aliphatic carbocycles. The van der Waals surface area contributed by atoms with E-state index in [9.17, 15) is 5.11 Å². The predicted molar refractivity (Wildman–Crippen MR) is 75.4 cm³/mol. The summed E-state index contributed by atoms with van der Waals surface area (Å²) in [7, 11) is 0. The molecule has 1 aliphatic rings. The number of hydrogen-bond acceptors (Lipinski definition) is 2. The van der Waals surface area contributed by atoms with Gasteiger partial charge in [0.25, 0.3) is 0 Å². The van der Waals surface area contributed by atoms with Crippen molar-refractivity contribution < 1.29 is 5.11 Å². The Morgan fingerprint density at radius 1 is 1.26 bits per heavy atom. The van der Waals surface area contributed by atoms with Gasteiger partial charge in [0, 0.05) is 0 Å². The van der Waals surface area contributed by atoms with Crippen LogP contribution in [0.1, 0.15) is 5.56 Å². The van der Waals surface area contributed by atoms with Crippen LogP contribution < -0.4 is 5.11 Å². The fraction of sp³-hybridized carbons (Fsp3) is 0. The van der Waals surface area contributed by atoms with E-state index in [1.165, 1.54) is 0 Å². The van der Waals surface area contributed by atoms with Crippen molar-refractivity contribution in [2.75, 3.05) is 0 Å². The van der Waals surface area contributed by atoms with Gasteiger partial charge in [-0.25, -0.2) is 0 Å². The lowest BCUT2D eigenvalue weighted by molar-refractivity contribution is -0.295. The molecule has 0 saturated heterocycles. The Hall–Kier alpha value is -2.68. The molecule has 0 fully saturated rings. The monoisotopic (exact) mass is 249 g/mol. The third-order valence-electron chi connectivity index (χ3n) is 2.69. The van der Waals surface area contributed by atoms with Crippen molar-refractivity contribution in [3.63, 3.8) is 0 Å². The molecule has 2 rings (SSSR count). The van der Waals surface area contributed by atoms with Crippen LogP contribution >= 0.6 is 0 Å². The van der Waals surface area contributed by atoms with Gasteiger partial charge in [-0.2, -0.15) is 17.9 Å². The highest BCUT2D eigenvalue weighted by molar-refractivity contribution is 6.08. The smallest absolute Gasteiger partial charge is 0.0277 e. The molecule has 0 aliphatic heterocycles. The number of allylic oxidation sites excluding steroid dienone is 3. The molecular weight excluding hydrogens is 236 g/mol. The first-order chi connectivity index (χ1) is 9.08. The van der Waals surface area contributed by atoms with Crippen LogP contribution in [-0.2, 0) is 0 Å². The summed E-state index contributed by atoms with van der Waals surface area (Å²) in [6.45, 7) is 7.21. The van der Waals surface area contributed by atoms with E-state index < -0.39 is 0 Å². The molecule has 3 heteroatoms. The molecule has 0 amide bonds. The average molecular weight is 249 g/mol. The maximum atomic E-state index is 11.2. The number of benzene rings is 1. The van der Waals surface area contributed by atoms with E-state index in [0.717, 1.165) is 0 Å². The van der Waals surface area contributed by atoms with Crippen LogP contribution in [-0.4, -0.2) is 5.84 Å². The fourth-order valence-electron chi connectivity index (χ4n) is 1.62. The van der Waals surface area contributed by atoms with E-state index in [1.807, 2.05) is 30.3 Å². The van der Waals surface area contributed by atoms with Gasteiger partial charge in [-0.1, -0.05) is 36.2 Å². The van der Waals surface area contributed by atoms with Crippen LogP contribution in [0.25, 0.3) is 5.32 Å². The topological polar surface area (TPSA) is 61.0 Å². The summed E-state index contributed by atoms with van der Waals surface area (Å²) in [6, 6.07) is 9.20. The van der Waals surface area contributed by atoms with E-state index in [2.05, 4.69) is 18.5 Å².